The molecule has 2 N–H and O–H groups in total. The van der Waals surface area contributed by atoms with Gasteiger partial charge in [-0.25, -0.2) is 13.1 Å². The normalized spacial score (nSPS) is 21.8. The molecule has 7 nitrogen and oxygen atoms in total. The third-order valence-corrected chi connectivity index (χ3v) is 7.45. The number of nitrogens with zero attached hydrogens (tertiary/aromatic N) is 3. The van der Waals surface area contributed by atoms with Crippen LogP contribution in [-0.4, -0.2) is 48.4 Å². The fourth-order valence-electron chi connectivity index (χ4n) is 2.73. The molecule has 0 amide bonds. The van der Waals surface area contributed by atoms with Gasteiger partial charge in [0, 0.05) is 38.6 Å². The fourth-order valence-corrected chi connectivity index (χ4v) is 5.43. The molecule has 1 aromatic carbocycles. The molecule has 1 atom stereocenters. The van der Waals surface area contributed by atoms with E-state index in [1.807, 2.05) is 0 Å². The zero-order valence-electron chi connectivity index (χ0n) is 14.8. The van der Waals surface area contributed by atoms with Crippen molar-refractivity contribution in [3.8, 4) is 0 Å². The Bertz CT molecular complexity index is 969. The van der Waals surface area contributed by atoms with Crippen molar-refractivity contribution in [2.24, 2.45) is 4.99 Å². The number of aliphatic hydroxyl groups is 1. The predicted molar refractivity (Wildman–Crippen MR) is 107 cm³/mol. The highest BCUT2D eigenvalue weighted by atomic mass is 35.5. The zero-order chi connectivity index (χ0) is 19.7. The molecule has 2 heterocycles. The van der Waals surface area contributed by atoms with Crippen molar-refractivity contribution in [3.63, 3.8) is 0 Å². The van der Waals surface area contributed by atoms with Gasteiger partial charge in [-0.3, -0.25) is 9.98 Å². The lowest BCUT2D eigenvalue weighted by molar-refractivity contribution is -0.0349. The minimum absolute atomic E-state index is 0.0821. The van der Waals surface area contributed by atoms with Crippen LogP contribution in [0.5, 0.6) is 0 Å². The summed E-state index contributed by atoms with van der Waals surface area (Å²) in [5.41, 5.74) is -0.206. The number of benzene rings is 1. The highest BCUT2D eigenvalue weighted by Gasteiger charge is 2.43. The molecule has 1 unspecified atom stereocenters. The van der Waals surface area contributed by atoms with Crippen LogP contribution in [0.15, 0.2) is 52.6 Å². The third-order valence-electron chi connectivity index (χ3n) is 4.31. The van der Waals surface area contributed by atoms with Gasteiger partial charge in [0.2, 0.25) is 10.0 Å². The van der Waals surface area contributed by atoms with Gasteiger partial charge < -0.3 is 10.0 Å². The van der Waals surface area contributed by atoms with E-state index < -0.39 is 15.7 Å². The van der Waals surface area contributed by atoms with Gasteiger partial charge in [-0.15, -0.1) is 0 Å². The number of aliphatic imine (C=N–C) groups is 1. The lowest BCUT2D eigenvalue weighted by atomic mass is 10.0. The zero-order valence-corrected chi connectivity index (χ0v) is 17.1. The average Bonchev–Trinajstić information content (AvgIpc) is 2.96. The molecule has 1 aliphatic rings. The van der Waals surface area contributed by atoms with Crippen LogP contribution < -0.4 is 4.72 Å². The van der Waals surface area contributed by atoms with Crippen LogP contribution in [0.3, 0.4) is 0 Å². The van der Waals surface area contributed by atoms with Crippen molar-refractivity contribution >= 4 is 38.6 Å². The van der Waals surface area contributed by atoms with Crippen LogP contribution in [0.25, 0.3) is 0 Å². The molecular weight excluding hydrogens is 408 g/mol. The van der Waals surface area contributed by atoms with Crippen LogP contribution in [-0.2, 0) is 22.3 Å². The van der Waals surface area contributed by atoms with Crippen molar-refractivity contribution in [1.82, 2.24) is 14.6 Å². The first kappa shape index (κ1) is 20.1. The summed E-state index contributed by atoms with van der Waals surface area (Å²) in [7, 11) is -0.523. The molecule has 0 bridgehead atoms. The minimum atomic E-state index is -3.88. The second kappa shape index (κ2) is 7.76. The monoisotopic (exact) mass is 426 g/mol. The van der Waals surface area contributed by atoms with E-state index in [9.17, 15) is 13.5 Å². The molecule has 1 saturated heterocycles. The lowest BCUT2D eigenvalue weighted by Crippen LogP contribution is -2.42. The van der Waals surface area contributed by atoms with E-state index in [1.165, 1.54) is 23.9 Å². The number of thioether (sulfide) groups is 1. The summed E-state index contributed by atoms with van der Waals surface area (Å²) in [6.45, 7) is 0.0867. The number of hydrogen-bond acceptors (Lipinski definition) is 6. The molecular formula is C17H19ClN4O3S2. The molecule has 0 aliphatic carbocycles. The van der Waals surface area contributed by atoms with E-state index in [0.717, 1.165) is 5.56 Å². The summed E-state index contributed by atoms with van der Waals surface area (Å²) in [5.74, 6) is 0.334. The quantitative estimate of drug-likeness (QED) is 0.759. The summed E-state index contributed by atoms with van der Waals surface area (Å²) in [6, 6.07) is 8.01. The first-order valence-corrected chi connectivity index (χ1v) is 10.9. The van der Waals surface area contributed by atoms with Crippen molar-refractivity contribution < 1.29 is 13.5 Å². The topological polar surface area (TPSA) is 94.9 Å². The molecule has 10 heteroatoms. The lowest BCUT2D eigenvalue weighted by Gasteiger charge is -2.31. The summed E-state index contributed by atoms with van der Waals surface area (Å²) in [6.07, 6.45) is 3.20. The average molecular weight is 427 g/mol. The van der Waals surface area contributed by atoms with Gasteiger partial charge >= 0.3 is 0 Å². The number of aromatic nitrogens is 1. The van der Waals surface area contributed by atoms with Crippen LogP contribution in [0, 0.1) is 0 Å². The maximum Gasteiger partial charge on any atom is 0.242 e. The number of rotatable bonds is 5. The first-order chi connectivity index (χ1) is 12.8. The van der Waals surface area contributed by atoms with E-state index >= 15 is 0 Å². The van der Waals surface area contributed by atoms with Gasteiger partial charge in [0.1, 0.15) is 4.90 Å². The SMILES string of the molecule is C/N=C1\SCC(O)(c2ccc(Cl)c(S(=O)(=O)NCc3cccnc3)c2)N1C. The van der Waals surface area contributed by atoms with Crippen LogP contribution in [0.4, 0.5) is 0 Å². The number of amidine groups is 1. The second-order valence-electron chi connectivity index (χ2n) is 6.00. The number of nitrogens with one attached hydrogen (secondary N) is 1. The second-order valence-corrected chi connectivity index (χ2v) is 9.09. The molecule has 0 saturated carbocycles. The summed E-state index contributed by atoms with van der Waals surface area (Å²) in [4.78, 5) is 9.63. The van der Waals surface area contributed by atoms with Gasteiger partial charge in [0.15, 0.2) is 10.9 Å². The Kier molecular flexibility index (Phi) is 5.78. The van der Waals surface area contributed by atoms with Crippen LogP contribution in [0.2, 0.25) is 5.02 Å². The number of halogens is 1. The Morgan fingerprint density at radius 1 is 1.44 bits per heavy atom. The van der Waals surface area contributed by atoms with Crippen molar-refractivity contribution in [3.05, 3.63) is 58.9 Å². The van der Waals surface area contributed by atoms with E-state index in [1.54, 1.807) is 49.6 Å². The Morgan fingerprint density at radius 3 is 2.85 bits per heavy atom. The van der Waals surface area contributed by atoms with E-state index in [0.29, 0.717) is 16.5 Å². The molecule has 2 aromatic rings. The van der Waals surface area contributed by atoms with Crippen LogP contribution >= 0.6 is 23.4 Å². The predicted octanol–water partition coefficient (Wildman–Crippen LogP) is 2.02. The largest absolute Gasteiger partial charge is 0.366 e. The maximum absolute atomic E-state index is 12.8. The van der Waals surface area contributed by atoms with Gasteiger partial charge in [-0.1, -0.05) is 35.5 Å². The number of pyridine rings is 1. The smallest absolute Gasteiger partial charge is 0.242 e. The Balaban J connectivity index is 1.91. The fraction of sp³-hybridized carbons (Fsp3) is 0.294. The Morgan fingerprint density at radius 2 is 2.22 bits per heavy atom. The number of sulfonamides is 1. The Labute approximate surface area is 167 Å². The van der Waals surface area contributed by atoms with E-state index in [4.69, 9.17) is 11.6 Å². The Hall–Kier alpha value is -1.65. The van der Waals surface area contributed by atoms with E-state index in [2.05, 4.69) is 14.7 Å². The van der Waals surface area contributed by atoms with E-state index in [-0.39, 0.29) is 16.5 Å². The van der Waals surface area contributed by atoms with Gasteiger partial charge in [-0.05, 0) is 23.8 Å². The molecule has 1 aliphatic heterocycles. The summed E-state index contributed by atoms with van der Waals surface area (Å²) >= 11 is 7.55. The van der Waals surface area contributed by atoms with Gasteiger partial charge in [0.05, 0.1) is 10.8 Å². The number of hydrogen-bond donors (Lipinski definition) is 2. The molecule has 1 aromatic heterocycles. The highest BCUT2D eigenvalue weighted by molar-refractivity contribution is 8.14. The third kappa shape index (κ3) is 3.97. The van der Waals surface area contributed by atoms with Crippen LogP contribution in [0.1, 0.15) is 11.1 Å². The minimum Gasteiger partial charge on any atom is -0.366 e. The van der Waals surface area contributed by atoms with Gasteiger partial charge in [0.25, 0.3) is 0 Å². The highest BCUT2D eigenvalue weighted by Crippen LogP contribution is 2.39. The molecule has 1 fully saturated rings. The maximum atomic E-state index is 12.8. The first-order valence-electron chi connectivity index (χ1n) is 8.02. The molecule has 144 valence electrons. The van der Waals surface area contributed by atoms with Crippen molar-refractivity contribution in [2.45, 2.75) is 17.2 Å². The van der Waals surface area contributed by atoms with Crippen molar-refractivity contribution in [1.29, 1.82) is 0 Å². The summed E-state index contributed by atoms with van der Waals surface area (Å²) < 4.78 is 28.0. The molecule has 0 radical (unpaired) electrons. The van der Waals surface area contributed by atoms with Gasteiger partial charge in [-0.2, -0.15) is 0 Å². The molecule has 3 rings (SSSR count). The molecule has 0 spiro atoms. The standard InChI is InChI=1S/C17H19ClN4O3S2/c1-19-16-22(2)17(23,11-26-16)13-5-6-14(18)15(8-13)27(24,25)21-10-12-4-3-7-20-9-12/h3-9,21,23H,10-11H2,1-2H3/b19-16-. The molecule has 27 heavy (non-hydrogen) atoms. The van der Waals surface area contributed by atoms with Crippen molar-refractivity contribution in [2.75, 3.05) is 19.8 Å². The summed E-state index contributed by atoms with van der Waals surface area (Å²) in [5, 5.41) is 11.8.